The monoisotopic (exact) mass is 656 g/mol. The Morgan fingerprint density at radius 1 is 1.08 bits per heavy atom. The molecule has 248 valence electrons. The van der Waals surface area contributed by atoms with E-state index in [0.29, 0.717) is 59.8 Å². The predicted molar refractivity (Wildman–Crippen MR) is 174 cm³/mol. The van der Waals surface area contributed by atoms with Crippen LogP contribution in [0.1, 0.15) is 45.8 Å². The molecule has 0 saturated carbocycles. The molecule has 0 radical (unpaired) electrons. The number of fused-ring (bicyclic) bond motifs is 2. The van der Waals surface area contributed by atoms with Crippen molar-refractivity contribution in [1.29, 1.82) is 0 Å². The molecule has 2 aliphatic rings. The zero-order valence-electron chi connectivity index (χ0n) is 26.4. The maximum atomic E-state index is 13.4. The lowest BCUT2D eigenvalue weighted by atomic mass is 9.93. The van der Waals surface area contributed by atoms with Gasteiger partial charge in [-0.25, -0.2) is 9.97 Å². The molecule has 7 rings (SSSR count). The molecule has 2 aromatic heterocycles. The van der Waals surface area contributed by atoms with Crippen LogP contribution in [0.5, 0.6) is 5.75 Å². The highest BCUT2D eigenvalue weighted by Gasteiger charge is 2.31. The fourth-order valence-corrected chi connectivity index (χ4v) is 6.66. The van der Waals surface area contributed by atoms with Gasteiger partial charge < -0.3 is 29.5 Å². The zero-order chi connectivity index (χ0) is 33.5. The Balaban J connectivity index is 1.19. The first-order valence-electron chi connectivity index (χ1n) is 15.8. The summed E-state index contributed by atoms with van der Waals surface area (Å²) in [5, 5.41) is 15.9. The van der Waals surface area contributed by atoms with Gasteiger partial charge in [0.05, 0.1) is 6.54 Å². The molecule has 5 aromatic rings. The van der Waals surface area contributed by atoms with Crippen molar-refractivity contribution in [2.45, 2.75) is 59.0 Å². The van der Waals surface area contributed by atoms with Gasteiger partial charge in [0.1, 0.15) is 28.8 Å². The van der Waals surface area contributed by atoms with Gasteiger partial charge in [-0.3, -0.25) is 14.5 Å². The highest BCUT2D eigenvalue weighted by Crippen LogP contribution is 2.38. The van der Waals surface area contributed by atoms with Crippen molar-refractivity contribution in [1.82, 2.24) is 24.8 Å². The van der Waals surface area contributed by atoms with Gasteiger partial charge in [-0.2, -0.15) is 8.78 Å². The van der Waals surface area contributed by atoms with E-state index in [2.05, 4.69) is 15.6 Å². The summed E-state index contributed by atoms with van der Waals surface area (Å²) in [5.41, 5.74) is 6.40. The number of carboxylic acids is 1. The molecule has 4 heterocycles. The summed E-state index contributed by atoms with van der Waals surface area (Å²) >= 11 is 0. The summed E-state index contributed by atoms with van der Waals surface area (Å²) in [4.78, 5) is 35.9. The van der Waals surface area contributed by atoms with Crippen molar-refractivity contribution >= 4 is 28.7 Å². The van der Waals surface area contributed by atoms with Crippen LogP contribution in [0, 0.1) is 13.8 Å². The average molecular weight is 657 g/mol. The number of carbonyl (C=O) groups excluding carboxylic acids is 1. The van der Waals surface area contributed by atoms with Gasteiger partial charge >= 0.3 is 12.6 Å². The van der Waals surface area contributed by atoms with Crippen LogP contribution in [0.4, 0.5) is 14.5 Å². The minimum absolute atomic E-state index is 0.0800. The van der Waals surface area contributed by atoms with Crippen LogP contribution in [0.15, 0.2) is 59.1 Å². The number of rotatable bonds is 9. The first-order valence-corrected chi connectivity index (χ1v) is 15.8. The highest BCUT2D eigenvalue weighted by atomic mass is 19.3. The van der Waals surface area contributed by atoms with Crippen molar-refractivity contribution in [3.63, 3.8) is 0 Å². The summed E-state index contributed by atoms with van der Waals surface area (Å²) in [6.07, 6.45) is 2.97. The summed E-state index contributed by atoms with van der Waals surface area (Å²) in [6.45, 7) is 3.69. The number of aromatic nitrogens is 3. The molecule has 0 bridgehead atoms. The predicted octanol–water partition coefficient (Wildman–Crippen LogP) is 5.98. The van der Waals surface area contributed by atoms with Crippen LogP contribution in [0.2, 0.25) is 0 Å². The summed E-state index contributed by atoms with van der Waals surface area (Å²) in [5.74, 6) is -0.179. The third kappa shape index (κ3) is 6.02. The van der Waals surface area contributed by atoms with Gasteiger partial charge in [0, 0.05) is 48.7 Å². The molecular weight excluding hydrogens is 622 g/mol. The highest BCUT2D eigenvalue weighted by molar-refractivity contribution is 6.03. The van der Waals surface area contributed by atoms with Crippen LogP contribution in [0.3, 0.4) is 0 Å². The smallest absolute Gasteiger partial charge is 0.387 e. The lowest BCUT2D eigenvalue weighted by Gasteiger charge is -2.22. The van der Waals surface area contributed by atoms with E-state index in [-0.39, 0.29) is 23.8 Å². The van der Waals surface area contributed by atoms with Crippen LogP contribution < -0.4 is 15.4 Å². The molecule has 0 aliphatic carbocycles. The van der Waals surface area contributed by atoms with Crippen molar-refractivity contribution in [2.24, 2.45) is 0 Å². The van der Waals surface area contributed by atoms with E-state index in [1.807, 2.05) is 54.8 Å². The third-order valence-corrected chi connectivity index (χ3v) is 9.15. The van der Waals surface area contributed by atoms with Gasteiger partial charge in [-0.15, -0.1) is 0 Å². The standard InChI is InChI=1S/C35H34F2N6O5/c1-19-22(23-7-4-9-25(20(23)2)40-32(44)27-18-43-13-11-38-16-31(43)39-27)6-3-8-24(19)33-41-26-14-21(17-42-12-5-10-28(42)34(45)46)29(48-35(36)37)15-30(26)47-33/h3-4,6-9,14-15,18,28,35,38H,5,10-13,16-17H2,1-2H3,(H,40,44)(H,45,46)/t28-/m0/s1. The molecule has 3 aromatic carbocycles. The minimum atomic E-state index is -3.07. The normalized spacial score (nSPS) is 16.4. The molecule has 1 atom stereocenters. The number of oxazole rings is 1. The van der Waals surface area contributed by atoms with Gasteiger partial charge in [-0.05, 0) is 73.7 Å². The fraction of sp³-hybridized carbons (Fsp3) is 0.314. The van der Waals surface area contributed by atoms with Crippen LogP contribution in [-0.2, 0) is 24.4 Å². The summed E-state index contributed by atoms with van der Waals surface area (Å²) in [7, 11) is 0. The number of halogens is 2. The van der Waals surface area contributed by atoms with Crippen molar-refractivity contribution in [3.05, 3.63) is 82.9 Å². The van der Waals surface area contributed by atoms with E-state index < -0.39 is 18.6 Å². The molecule has 11 nitrogen and oxygen atoms in total. The SMILES string of the molecule is Cc1c(NC(=O)c2cn3c(n2)CNCC3)cccc1-c1cccc(-c2nc3cc(CN4CCC[C@H]4C(=O)O)c(OC(F)F)cc3o2)c1C. The number of hydrogen-bond donors (Lipinski definition) is 3. The number of nitrogens with one attached hydrogen (secondary N) is 2. The van der Waals surface area contributed by atoms with Gasteiger partial charge in [0.15, 0.2) is 5.58 Å². The number of aliphatic carboxylic acids is 1. The number of amides is 1. The number of alkyl halides is 2. The maximum Gasteiger partial charge on any atom is 0.387 e. The third-order valence-electron chi connectivity index (χ3n) is 9.15. The van der Waals surface area contributed by atoms with Gasteiger partial charge in [0.2, 0.25) is 5.89 Å². The number of likely N-dealkylation sites (tertiary alicyclic amines) is 1. The molecule has 1 saturated heterocycles. The lowest BCUT2D eigenvalue weighted by molar-refractivity contribution is -0.142. The molecule has 2 aliphatic heterocycles. The van der Waals surface area contributed by atoms with Crippen LogP contribution in [-0.4, -0.2) is 62.2 Å². The average Bonchev–Trinajstić information content (AvgIpc) is 3.80. The molecule has 1 fully saturated rings. The van der Waals surface area contributed by atoms with Crippen molar-refractivity contribution in [3.8, 4) is 28.3 Å². The second-order valence-electron chi connectivity index (χ2n) is 12.1. The summed E-state index contributed by atoms with van der Waals surface area (Å²) in [6, 6.07) is 13.8. The topological polar surface area (TPSA) is 135 Å². The Morgan fingerprint density at radius 3 is 2.62 bits per heavy atom. The Kier molecular flexibility index (Phi) is 8.40. The molecule has 48 heavy (non-hydrogen) atoms. The number of nitrogens with zero attached hydrogens (tertiary/aromatic N) is 4. The number of carbonyl (C=O) groups is 2. The second-order valence-corrected chi connectivity index (χ2v) is 12.1. The van der Waals surface area contributed by atoms with E-state index in [1.165, 1.54) is 6.07 Å². The van der Waals surface area contributed by atoms with Crippen molar-refractivity contribution in [2.75, 3.05) is 18.4 Å². The second kappa shape index (κ2) is 12.8. The quantitative estimate of drug-likeness (QED) is 0.175. The van der Waals surface area contributed by atoms with Crippen LogP contribution in [0.25, 0.3) is 33.7 Å². The van der Waals surface area contributed by atoms with Crippen molar-refractivity contribution < 1.29 is 32.6 Å². The Labute approximate surface area is 274 Å². The molecule has 3 N–H and O–H groups in total. The van der Waals surface area contributed by atoms with Crippen LogP contribution >= 0.6 is 0 Å². The number of ether oxygens (including phenoxy) is 1. The molecule has 0 unspecified atom stereocenters. The van der Waals surface area contributed by atoms with E-state index in [0.717, 1.165) is 41.2 Å². The Bertz CT molecular complexity index is 2020. The van der Waals surface area contributed by atoms with Gasteiger partial charge in [-0.1, -0.05) is 24.3 Å². The number of hydrogen-bond acceptors (Lipinski definition) is 8. The summed E-state index contributed by atoms with van der Waals surface area (Å²) < 4.78 is 39.8. The molecule has 1 amide bonds. The van der Waals surface area contributed by atoms with E-state index in [1.54, 1.807) is 17.2 Å². The number of anilines is 1. The first-order chi connectivity index (χ1) is 23.2. The van der Waals surface area contributed by atoms with E-state index >= 15 is 0 Å². The number of imidazole rings is 1. The van der Waals surface area contributed by atoms with E-state index in [4.69, 9.17) is 14.1 Å². The minimum Gasteiger partial charge on any atom is -0.480 e. The fourth-order valence-electron chi connectivity index (χ4n) is 6.66. The Hall–Kier alpha value is -5.14. The lowest BCUT2D eigenvalue weighted by Crippen LogP contribution is -2.35. The maximum absolute atomic E-state index is 13.4. The van der Waals surface area contributed by atoms with Gasteiger partial charge in [0.25, 0.3) is 5.91 Å². The largest absolute Gasteiger partial charge is 0.480 e. The zero-order valence-corrected chi connectivity index (χ0v) is 26.4. The first kappa shape index (κ1) is 31.5. The molecule has 13 heteroatoms. The Morgan fingerprint density at radius 2 is 1.85 bits per heavy atom. The van der Waals surface area contributed by atoms with E-state index in [9.17, 15) is 23.5 Å². The molecule has 0 spiro atoms. The molecular formula is C35H34F2N6O5. The number of carboxylic acid groups (broad SMARTS) is 1. The number of benzene rings is 3.